The summed E-state index contributed by atoms with van der Waals surface area (Å²) in [6.07, 6.45) is -1.53. The molecule has 10 nitrogen and oxygen atoms in total. The van der Waals surface area contributed by atoms with Gasteiger partial charge in [0.1, 0.15) is 11.5 Å². The Balaban J connectivity index is 1.79. The molecule has 0 N–H and O–H groups in total. The molecular weight excluding hydrogens is 508 g/mol. The Morgan fingerprint density at radius 2 is 1.26 bits per heavy atom. The number of carbonyl (C=O) groups is 1. The van der Waals surface area contributed by atoms with Gasteiger partial charge in [-0.25, -0.2) is 4.79 Å². The van der Waals surface area contributed by atoms with Crippen LogP contribution in [0, 0.1) is 0 Å². The summed E-state index contributed by atoms with van der Waals surface area (Å²) in [7, 11) is 10.7. The number of esters is 1. The molecule has 5 rings (SSSR count). The maximum Gasteiger partial charge on any atom is 0.339 e. The van der Waals surface area contributed by atoms with Crippen molar-refractivity contribution in [1.82, 2.24) is 0 Å². The molecule has 0 spiro atoms. The second-order valence-corrected chi connectivity index (χ2v) is 8.86. The van der Waals surface area contributed by atoms with E-state index in [-0.39, 0.29) is 0 Å². The van der Waals surface area contributed by atoms with E-state index in [2.05, 4.69) is 0 Å². The van der Waals surface area contributed by atoms with E-state index in [1.54, 1.807) is 31.4 Å². The van der Waals surface area contributed by atoms with Gasteiger partial charge in [-0.05, 0) is 24.3 Å². The van der Waals surface area contributed by atoms with Crippen LogP contribution in [0.15, 0.2) is 36.4 Å². The smallest absolute Gasteiger partial charge is 0.339 e. The average Bonchev–Trinajstić information content (AvgIpc) is 2.98. The van der Waals surface area contributed by atoms with Crippen LogP contribution in [0.2, 0.25) is 0 Å². The van der Waals surface area contributed by atoms with Gasteiger partial charge in [0.2, 0.25) is 11.5 Å². The summed E-state index contributed by atoms with van der Waals surface area (Å²) in [5, 5.41) is 0. The van der Waals surface area contributed by atoms with Crippen molar-refractivity contribution in [3.8, 4) is 46.0 Å². The summed E-state index contributed by atoms with van der Waals surface area (Å²) in [6.45, 7) is 0. The van der Waals surface area contributed by atoms with E-state index in [1.165, 1.54) is 42.7 Å². The van der Waals surface area contributed by atoms with Gasteiger partial charge in [-0.3, -0.25) is 0 Å². The highest BCUT2D eigenvalue weighted by atomic mass is 16.6. The van der Waals surface area contributed by atoms with E-state index in [1.807, 2.05) is 12.1 Å². The Bertz CT molecular complexity index is 1390. The molecule has 2 heterocycles. The fourth-order valence-electron chi connectivity index (χ4n) is 5.37. The molecule has 39 heavy (non-hydrogen) atoms. The Morgan fingerprint density at radius 3 is 1.82 bits per heavy atom. The summed E-state index contributed by atoms with van der Waals surface area (Å²) < 4.78 is 51.8. The first-order valence-electron chi connectivity index (χ1n) is 12.1. The number of carbonyl (C=O) groups excluding carboxylic acids is 1. The minimum Gasteiger partial charge on any atom is -0.497 e. The molecular formula is C29H30O10. The highest BCUT2D eigenvalue weighted by molar-refractivity contribution is 5.96. The SMILES string of the molecule is COc1ccc2c(c1)O[C@H](c1cc(OC)c(OC)c(OC)c1)[C@H]1OC(=O)c3cc(OC)c(OC)c(OC)c3[C@@H]21. The third-order valence-electron chi connectivity index (χ3n) is 7.09. The molecule has 206 valence electrons. The van der Waals surface area contributed by atoms with E-state index in [0.29, 0.717) is 62.7 Å². The van der Waals surface area contributed by atoms with Gasteiger partial charge in [0.05, 0.1) is 61.2 Å². The molecule has 2 aliphatic heterocycles. The highest BCUT2D eigenvalue weighted by Crippen LogP contribution is 2.56. The molecule has 0 unspecified atom stereocenters. The number of rotatable bonds is 8. The molecule has 0 fully saturated rings. The molecule has 0 aliphatic carbocycles. The number of ether oxygens (including phenoxy) is 9. The van der Waals surface area contributed by atoms with Gasteiger partial charge in [0, 0.05) is 22.8 Å². The zero-order chi connectivity index (χ0) is 27.8. The highest BCUT2D eigenvalue weighted by Gasteiger charge is 2.50. The van der Waals surface area contributed by atoms with Crippen LogP contribution in [0.5, 0.6) is 46.0 Å². The Morgan fingerprint density at radius 1 is 0.641 bits per heavy atom. The Hall–Kier alpha value is -4.47. The third-order valence-corrected chi connectivity index (χ3v) is 7.09. The van der Waals surface area contributed by atoms with Crippen LogP contribution in [0.3, 0.4) is 0 Å². The summed E-state index contributed by atoms with van der Waals surface area (Å²) in [5.74, 6) is 2.58. The van der Waals surface area contributed by atoms with E-state index < -0.39 is 24.1 Å². The second-order valence-electron chi connectivity index (χ2n) is 8.86. The molecule has 0 bridgehead atoms. The van der Waals surface area contributed by atoms with Crippen molar-refractivity contribution < 1.29 is 47.4 Å². The van der Waals surface area contributed by atoms with Crippen molar-refractivity contribution in [2.75, 3.05) is 49.8 Å². The summed E-state index contributed by atoms with van der Waals surface area (Å²) in [5.41, 5.74) is 2.38. The predicted molar refractivity (Wildman–Crippen MR) is 140 cm³/mol. The van der Waals surface area contributed by atoms with Gasteiger partial charge >= 0.3 is 5.97 Å². The molecule has 3 aromatic carbocycles. The number of fused-ring (bicyclic) bond motifs is 5. The van der Waals surface area contributed by atoms with Gasteiger partial charge in [-0.15, -0.1) is 0 Å². The lowest BCUT2D eigenvalue weighted by atomic mass is 9.76. The molecule has 3 aromatic rings. The van der Waals surface area contributed by atoms with Crippen molar-refractivity contribution in [2.24, 2.45) is 0 Å². The minimum absolute atomic E-state index is 0.318. The summed E-state index contributed by atoms with van der Waals surface area (Å²) >= 11 is 0. The van der Waals surface area contributed by atoms with Crippen molar-refractivity contribution >= 4 is 5.97 Å². The lowest BCUT2D eigenvalue weighted by molar-refractivity contribution is -0.0326. The molecule has 0 amide bonds. The molecule has 3 atom stereocenters. The van der Waals surface area contributed by atoms with Crippen LogP contribution >= 0.6 is 0 Å². The molecule has 2 aliphatic rings. The number of hydrogen-bond donors (Lipinski definition) is 0. The maximum absolute atomic E-state index is 13.5. The minimum atomic E-state index is -0.777. The Kier molecular flexibility index (Phi) is 6.94. The van der Waals surface area contributed by atoms with Crippen molar-refractivity contribution in [1.29, 1.82) is 0 Å². The van der Waals surface area contributed by atoms with Crippen LogP contribution in [0.25, 0.3) is 0 Å². The van der Waals surface area contributed by atoms with Gasteiger partial charge in [-0.1, -0.05) is 6.07 Å². The van der Waals surface area contributed by atoms with Gasteiger partial charge < -0.3 is 42.6 Å². The van der Waals surface area contributed by atoms with Gasteiger partial charge in [0.15, 0.2) is 35.2 Å². The predicted octanol–water partition coefficient (Wildman–Crippen LogP) is 4.55. The summed E-state index contributed by atoms with van der Waals surface area (Å²) in [6, 6.07) is 10.7. The number of methoxy groups -OCH3 is 7. The van der Waals surface area contributed by atoms with E-state index in [4.69, 9.17) is 42.6 Å². The third kappa shape index (κ3) is 4.07. The second kappa shape index (κ2) is 10.4. The average molecular weight is 539 g/mol. The van der Waals surface area contributed by atoms with Crippen molar-refractivity contribution in [3.05, 3.63) is 58.7 Å². The fraction of sp³-hybridized carbons (Fsp3) is 0.345. The van der Waals surface area contributed by atoms with Crippen LogP contribution in [0.1, 0.15) is 39.1 Å². The quantitative estimate of drug-likeness (QED) is 0.380. The normalized spacial score (nSPS) is 18.8. The number of hydrogen-bond acceptors (Lipinski definition) is 10. The van der Waals surface area contributed by atoms with Crippen LogP contribution in [-0.2, 0) is 4.74 Å². The largest absolute Gasteiger partial charge is 0.497 e. The summed E-state index contributed by atoms with van der Waals surface area (Å²) in [4.78, 5) is 13.5. The molecule has 0 radical (unpaired) electrons. The van der Waals surface area contributed by atoms with E-state index >= 15 is 0 Å². The topological polar surface area (TPSA) is 100 Å². The molecule has 0 saturated carbocycles. The van der Waals surface area contributed by atoms with Crippen molar-refractivity contribution in [2.45, 2.75) is 18.1 Å². The Labute approximate surface area is 226 Å². The molecule has 0 aromatic heterocycles. The fourth-order valence-corrected chi connectivity index (χ4v) is 5.37. The lowest BCUT2D eigenvalue weighted by Crippen LogP contribution is -2.42. The first kappa shape index (κ1) is 26.1. The van der Waals surface area contributed by atoms with Crippen molar-refractivity contribution in [3.63, 3.8) is 0 Å². The van der Waals surface area contributed by atoms with Crippen LogP contribution < -0.4 is 37.9 Å². The maximum atomic E-state index is 13.5. The lowest BCUT2D eigenvalue weighted by Gasteiger charge is -2.43. The number of benzene rings is 3. The van der Waals surface area contributed by atoms with Gasteiger partial charge in [0.25, 0.3) is 0 Å². The standard InChI is InChI=1S/C29H30O10/c1-31-15-8-9-16-18(12-15)38-24(14-10-19(32-2)25(35-5)20(11-14)33-3)28-22(16)23-17(29(30)39-28)13-21(34-4)26(36-6)27(23)37-7/h8-13,22,24,28H,1-7H3/t22-,24-,28+/m1/s1. The molecule has 0 saturated heterocycles. The van der Waals surface area contributed by atoms with Crippen LogP contribution in [0.4, 0.5) is 0 Å². The first-order chi connectivity index (χ1) is 18.9. The van der Waals surface area contributed by atoms with Crippen LogP contribution in [-0.4, -0.2) is 61.8 Å². The van der Waals surface area contributed by atoms with E-state index in [9.17, 15) is 4.79 Å². The zero-order valence-electron chi connectivity index (χ0n) is 22.8. The zero-order valence-corrected chi connectivity index (χ0v) is 22.8. The van der Waals surface area contributed by atoms with E-state index in [0.717, 1.165) is 5.56 Å². The monoisotopic (exact) mass is 538 g/mol. The first-order valence-corrected chi connectivity index (χ1v) is 12.1. The molecule has 10 heteroatoms. The van der Waals surface area contributed by atoms with Gasteiger partial charge in [-0.2, -0.15) is 0 Å².